The summed E-state index contributed by atoms with van der Waals surface area (Å²) in [6.45, 7) is 6.23. The average molecular weight is 405 g/mol. The summed E-state index contributed by atoms with van der Waals surface area (Å²) in [6, 6.07) is 10.7. The van der Waals surface area contributed by atoms with Crippen LogP contribution in [-0.4, -0.2) is 26.2 Å². The number of carbonyl (C=O) groups is 1. The number of aromatic carboxylic acids is 1. The molecule has 7 heteroatoms. The lowest BCUT2D eigenvalue weighted by Crippen LogP contribution is -2.00. The van der Waals surface area contributed by atoms with Crippen LogP contribution >= 0.6 is 11.3 Å². The molecular formula is C22H19N3O3S. The summed E-state index contributed by atoms with van der Waals surface area (Å²) >= 11 is 1.59. The van der Waals surface area contributed by atoms with E-state index in [2.05, 4.69) is 54.3 Å². The third-order valence-corrected chi connectivity index (χ3v) is 5.96. The van der Waals surface area contributed by atoms with Gasteiger partial charge in [-0.05, 0) is 55.7 Å². The van der Waals surface area contributed by atoms with Crippen LogP contribution in [0.5, 0.6) is 5.75 Å². The van der Waals surface area contributed by atoms with Crippen LogP contribution < -0.4 is 5.32 Å². The van der Waals surface area contributed by atoms with E-state index in [4.69, 9.17) is 0 Å². The number of carboxylic acids is 1. The van der Waals surface area contributed by atoms with Crippen molar-refractivity contribution in [3.63, 3.8) is 0 Å². The molecule has 0 amide bonds. The van der Waals surface area contributed by atoms with Crippen molar-refractivity contribution < 1.29 is 15.0 Å². The summed E-state index contributed by atoms with van der Waals surface area (Å²) in [4.78, 5) is 22.1. The van der Waals surface area contributed by atoms with E-state index >= 15 is 0 Å². The lowest BCUT2D eigenvalue weighted by atomic mass is 9.99. The summed E-state index contributed by atoms with van der Waals surface area (Å²) in [6.07, 6.45) is 1.49. The number of aromatic nitrogens is 2. The third-order valence-electron chi connectivity index (χ3n) is 4.95. The summed E-state index contributed by atoms with van der Waals surface area (Å²) in [5.41, 5.74) is 4.94. The number of aromatic hydroxyl groups is 1. The highest BCUT2D eigenvalue weighted by atomic mass is 32.1. The van der Waals surface area contributed by atoms with Crippen LogP contribution in [0.3, 0.4) is 0 Å². The Kier molecular flexibility index (Phi) is 4.68. The molecule has 3 N–H and O–H groups in total. The number of nitrogens with zero attached hydrogens (tertiary/aromatic N) is 2. The number of phenols is 1. The van der Waals surface area contributed by atoms with Gasteiger partial charge in [0.05, 0.1) is 5.39 Å². The monoisotopic (exact) mass is 405 g/mol. The van der Waals surface area contributed by atoms with Gasteiger partial charge >= 0.3 is 5.97 Å². The minimum absolute atomic E-state index is 0.170. The Morgan fingerprint density at radius 1 is 1.03 bits per heavy atom. The smallest absolute Gasteiger partial charge is 0.339 e. The van der Waals surface area contributed by atoms with Gasteiger partial charge in [-0.15, -0.1) is 11.3 Å². The Balaban J connectivity index is 1.87. The van der Waals surface area contributed by atoms with Crippen LogP contribution in [0, 0.1) is 20.8 Å². The molecule has 0 aliphatic carbocycles. The number of fused-ring (bicyclic) bond motifs is 1. The highest BCUT2D eigenvalue weighted by Gasteiger charge is 2.18. The predicted octanol–water partition coefficient (Wildman–Crippen LogP) is 5.43. The van der Waals surface area contributed by atoms with Crippen LogP contribution in [0.2, 0.25) is 0 Å². The zero-order chi connectivity index (χ0) is 20.7. The molecule has 2 aromatic carbocycles. The van der Waals surface area contributed by atoms with Crippen molar-refractivity contribution in [2.45, 2.75) is 20.8 Å². The van der Waals surface area contributed by atoms with E-state index in [1.165, 1.54) is 29.6 Å². The first-order valence-electron chi connectivity index (χ1n) is 9.00. The second kappa shape index (κ2) is 7.18. The fourth-order valence-electron chi connectivity index (χ4n) is 3.31. The van der Waals surface area contributed by atoms with Gasteiger partial charge in [0.2, 0.25) is 0 Å². The number of nitrogens with one attached hydrogen (secondary N) is 1. The number of anilines is 2. The van der Waals surface area contributed by atoms with Crippen molar-refractivity contribution in [2.24, 2.45) is 0 Å². The van der Waals surface area contributed by atoms with Gasteiger partial charge in [0.1, 0.15) is 28.3 Å². The molecular weight excluding hydrogens is 386 g/mol. The molecule has 2 aromatic heterocycles. The number of thiophene rings is 1. The number of rotatable bonds is 4. The van der Waals surface area contributed by atoms with E-state index in [9.17, 15) is 15.0 Å². The minimum atomic E-state index is -1.19. The van der Waals surface area contributed by atoms with Gasteiger partial charge in [-0.1, -0.05) is 18.2 Å². The van der Waals surface area contributed by atoms with Crippen LogP contribution in [-0.2, 0) is 0 Å². The van der Waals surface area contributed by atoms with Gasteiger partial charge in [0.25, 0.3) is 0 Å². The van der Waals surface area contributed by atoms with Gasteiger partial charge in [-0.25, -0.2) is 14.8 Å². The zero-order valence-electron chi connectivity index (χ0n) is 16.1. The molecule has 4 rings (SSSR count). The first-order valence-corrected chi connectivity index (χ1v) is 9.82. The normalized spacial score (nSPS) is 11.0. The molecule has 0 aliphatic rings. The summed E-state index contributed by atoms with van der Waals surface area (Å²) < 4.78 is 0. The van der Waals surface area contributed by atoms with Crippen LogP contribution in [0.1, 0.15) is 26.4 Å². The number of carboxylic acid groups (broad SMARTS) is 1. The van der Waals surface area contributed by atoms with E-state index in [-0.39, 0.29) is 11.3 Å². The van der Waals surface area contributed by atoms with Crippen molar-refractivity contribution in [3.8, 4) is 16.9 Å². The maximum atomic E-state index is 11.3. The average Bonchev–Trinajstić information content (AvgIpc) is 3.02. The first kappa shape index (κ1) is 18.9. The third kappa shape index (κ3) is 3.40. The molecule has 0 fully saturated rings. The Bertz CT molecular complexity index is 1260. The molecule has 0 atom stereocenters. The summed E-state index contributed by atoms with van der Waals surface area (Å²) in [5, 5.41) is 23.1. The van der Waals surface area contributed by atoms with Gasteiger partial charge in [0.15, 0.2) is 0 Å². The maximum Gasteiger partial charge on any atom is 0.339 e. The molecule has 29 heavy (non-hydrogen) atoms. The molecule has 146 valence electrons. The lowest BCUT2D eigenvalue weighted by Gasteiger charge is -2.11. The molecule has 6 nitrogen and oxygen atoms in total. The number of aryl methyl sites for hydroxylation is 3. The van der Waals surface area contributed by atoms with Crippen LogP contribution in [0.15, 0.2) is 42.7 Å². The highest BCUT2D eigenvalue weighted by Crippen LogP contribution is 2.41. The van der Waals surface area contributed by atoms with Crippen LogP contribution in [0.25, 0.3) is 21.3 Å². The van der Waals surface area contributed by atoms with Crippen molar-refractivity contribution in [1.29, 1.82) is 0 Å². The Morgan fingerprint density at radius 2 is 1.83 bits per heavy atom. The molecule has 0 radical (unpaired) electrons. The van der Waals surface area contributed by atoms with E-state index in [1.54, 1.807) is 17.4 Å². The summed E-state index contributed by atoms with van der Waals surface area (Å²) in [5.74, 6) is -0.881. The minimum Gasteiger partial charge on any atom is -0.507 e. The van der Waals surface area contributed by atoms with Crippen molar-refractivity contribution in [2.75, 3.05) is 5.32 Å². The van der Waals surface area contributed by atoms with E-state index < -0.39 is 5.97 Å². The van der Waals surface area contributed by atoms with Crippen molar-refractivity contribution in [1.82, 2.24) is 9.97 Å². The highest BCUT2D eigenvalue weighted by molar-refractivity contribution is 7.19. The van der Waals surface area contributed by atoms with Gasteiger partial charge < -0.3 is 15.5 Å². The van der Waals surface area contributed by atoms with Gasteiger partial charge in [-0.2, -0.15) is 0 Å². The number of hydrogen-bond acceptors (Lipinski definition) is 6. The quantitative estimate of drug-likeness (QED) is 0.392. The first-order chi connectivity index (χ1) is 13.8. The molecule has 4 aromatic rings. The zero-order valence-corrected chi connectivity index (χ0v) is 17.0. The topological polar surface area (TPSA) is 95.3 Å². The molecule has 0 spiro atoms. The Hall–Kier alpha value is -3.45. The fourth-order valence-corrected chi connectivity index (χ4v) is 4.32. The Labute approximate surface area is 171 Å². The second-order valence-corrected chi connectivity index (χ2v) is 8.10. The maximum absolute atomic E-state index is 11.3. The largest absolute Gasteiger partial charge is 0.507 e. The van der Waals surface area contributed by atoms with E-state index in [0.29, 0.717) is 11.5 Å². The molecule has 0 saturated carbocycles. The molecule has 0 unspecified atom stereocenters. The van der Waals surface area contributed by atoms with E-state index in [0.717, 1.165) is 26.2 Å². The van der Waals surface area contributed by atoms with Crippen LogP contribution in [0.4, 0.5) is 11.5 Å². The predicted molar refractivity (Wildman–Crippen MR) is 115 cm³/mol. The molecule has 0 saturated heterocycles. The van der Waals surface area contributed by atoms with Gasteiger partial charge in [-0.3, -0.25) is 0 Å². The molecule has 0 aliphatic heterocycles. The van der Waals surface area contributed by atoms with Gasteiger partial charge in [0, 0.05) is 16.1 Å². The number of hydrogen-bond donors (Lipinski definition) is 3. The van der Waals surface area contributed by atoms with Crippen molar-refractivity contribution in [3.05, 3.63) is 64.3 Å². The number of benzene rings is 2. The standard InChI is InChI=1S/C22H19N3O3S/c1-11-4-5-14(8-12(11)2)18-13(3)29-21-19(18)20(23-10-24-21)25-15-6-7-17(26)16(9-15)22(27)28/h4-10,26H,1-3H3,(H,27,28)(H,23,24,25). The van der Waals surface area contributed by atoms with E-state index in [1.807, 2.05) is 0 Å². The SMILES string of the molecule is Cc1ccc(-c2c(C)sc3ncnc(Nc4ccc(O)c(C(=O)O)c4)c23)cc1C. The second-order valence-electron chi connectivity index (χ2n) is 6.90. The lowest BCUT2D eigenvalue weighted by molar-refractivity contribution is 0.0694. The fraction of sp³-hybridized carbons (Fsp3) is 0.136. The van der Waals surface area contributed by atoms with Crippen molar-refractivity contribution >= 4 is 39.0 Å². The Morgan fingerprint density at radius 3 is 2.55 bits per heavy atom. The molecule has 0 bridgehead atoms. The summed E-state index contributed by atoms with van der Waals surface area (Å²) in [7, 11) is 0. The molecule has 2 heterocycles.